The van der Waals surface area contributed by atoms with Gasteiger partial charge in [0.15, 0.2) is 5.96 Å². The van der Waals surface area contributed by atoms with Crippen molar-refractivity contribution in [3.63, 3.8) is 0 Å². The molecule has 0 saturated carbocycles. The van der Waals surface area contributed by atoms with Crippen LogP contribution in [-0.4, -0.2) is 39.1 Å². The van der Waals surface area contributed by atoms with Crippen LogP contribution in [0.5, 0.6) is 5.75 Å². The number of aliphatic imine (C=N–C) groups is 1. The van der Waals surface area contributed by atoms with E-state index >= 15 is 0 Å². The van der Waals surface area contributed by atoms with Crippen LogP contribution in [0.2, 0.25) is 0 Å². The van der Waals surface area contributed by atoms with Gasteiger partial charge in [-0.05, 0) is 49.5 Å². The second kappa shape index (κ2) is 11.8. The van der Waals surface area contributed by atoms with E-state index in [0.29, 0.717) is 31.2 Å². The number of benzene rings is 2. The number of rotatable bonds is 7. The summed E-state index contributed by atoms with van der Waals surface area (Å²) in [7, 11) is 7.23. The Kier molecular flexibility index (Phi) is 10.1. The van der Waals surface area contributed by atoms with Crippen molar-refractivity contribution in [3.05, 3.63) is 65.0 Å². The Bertz CT molecular complexity index is 753. The number of halogens is 2. The van der Waals surface area contributed by atoms with E-state index in [1.165, 1.54) is 6.07 Å². The monoisotopic (exact) mass is 486 g/mol. The average molecular weight is 486 g/mol. The van der Waals surface area contributed by atoms with Gasteiger partial charge in [-0.1, -0.05) is 18.2 Å². The van der Waals surface area contributed by atoms with E-state index < -0.39 is 0 Å². The number of hydrogen-bond donors (Lipinski definition) is 2. The highest BCUT2D eigenvalue weighted by atomic mass is 127. The van der Waals surface area contributed by atoms with Crippen molar-refractivity contribution >= 4 is 29.9 Å². The topological polar surface area (TPSA) is 48.9 Å². The third kappa shape index (κ3) is 7.72. The van der Waals surface area contributed by atoms with E-state index in [4.69, 9.17) is 4.74 Å². The standard InChI is InChI=1S/C20H27FN4O.HI/c1-22-20(23-12-15-6-5-7-18(11-15)26-4)24-13-16-8-9-19(21)17(10-16)14-25(2)3;/h5-11H,12-14H2,1-4H3,(H2,22,23,24);1H. The van der Waals surface area contributed by atoms with Crippen LogP contribution < -0.4 is 15.4 Å². The molecule has 0 bridgehead atoms. The predicted molar refractivity (Wildman–Crippen MR) is 119 cm³/mol. The van der Waals surface area contributed by atoms with E-state index in [-0.39, 0.29) is 29.8 Å². The molecule has 0 heterocycles. The van der Waals surface area contributed by atoms with Crippen molar-refractivity contribution in [2.45, 2.75) is 19.6 Å². The van der Waals surface area contributed by atoms with Gasteiger partial charge in [0.1, 0.15) is 11.6 Å². The van der Waals surface area contributed by atoms with Crippen molar-refractivity contribution in [2.75, 3.05) is 28.3 Å². The summed E-state index contributed by atoms with van der Waals surface area (Å²) in [6.07, 6.45) is 0. The van der Waals surface area contributed by atoms with Gasteiger partial charge in [-0.2, -0.15) is 0 Å². The van der Waals surface area contributed by atoms with Crippen LogP contribution in [0.4, 0.5) is 4.39 Å². The zero-order valence-corrected chi connectivity index (χ0v) is 18.6. The van der Waals surface area contributed by atoms with E-state index in [0.717, 1.165) is 16.9 Å². The first-order chi connectivity index (χ1) is 12.5. The lowest BCUT2D eigenvalue weighted by atomic mass is 10.1. The van der Waals surface area contributed by atoms with Gasteiger partial charge in [0.2, 0.25) is 0 Å². The minimum Gasteiger partial charge on any atom is -0.497 e. The molecular formula is C20H28FIN4O. The lowest BCUT2D eigenvalue weighted by Crippen LogP contribution is -2.36. The zero-order valence-electron chi connectivity index (χ0n) is 16.3. The maximum absolute atomic E-state index is 13.9. The quantitative estimate of drug-likeness (QED) is 0.358. The normalized spacial score (nSPS) is 11.1. The van der Waals surface area contributed by atoms with Crippen LogP contribution >= 0.6 is 24.0 Å². The molecule has 7 heteroatoms. The van der Waals surface area contributed by atoms with E-state index in [2.05, 4.69) is 15.6 Å². The summed E-state index contributed by atoms with van der Waals surface area (Å²) in [6.45, 7) is 1.77. The molecule has 0 aromatic heterocycles. The Morgan fingerprint density at radius 1 is 1.07 bits per heavy atom. The van der Waals surface area contributed by atoms with Gasteiger partial charge in [0.25, 0.3) is 0 Å². The minimum atomic E-state index is -0.178. The molecule has 0 amide bonds. The molecule has 0 unspecified atom stereocenters. The summed E-state index contributed by atoms with van der Waals surface area (Å²) in [5.41, 5.74) is 2.79. The summed E-state index contributed by atoms with van der Waals surface area (Å²) in [5.74, 6) is 1.33. The number of nitrogens with zero attached hydrogens (tertiary/aromatic N) is 2. The van der Waals surface area contributed by atoms with Crippen LogP contribution in [0.15, 0.2) is 47.5 Å². The number of guanidine groups is 1. The maximum atomic E-state index is 13.9. The Morgan fingerprint density at radius 2 is 1.74 bits per heavy atom. The molecule has 2 rings (SSSR count). The first-order valence-corrected chi connectivity index (χ1v) is 8.51. The summed E-state index contributed by atoms with van der Waals surface area (Å²) in [4.78, 5) is 6.18. The number of ether oxygens (including phenoxy) is 1. The molecular weight excluding hydrogens is 458 g/mol. The molecule has 0 spiro atoms. The number of hydrogen-bond acceptors (Lipinski definition) is 3. The summed E-state index contributed by atoms with van der Waals surface area (Å²) in [5, 5.41) is 6.52. The van der Waals surface area contributed by atoms with Crippen molar-refractivity contribution in [2.24, 2.45) is 4.99 Å². The molecule has 2 aromatic rings. The fourth-order valence-electron chi connectivity index (χ4n) is 2.57. The molecule has 0 atom stereocenters. The van der Waals surface area contributed by atoms with Crippen molar-refractivity contribution in [1.82, 2.24) is 15.5 Å². The number of nitrogens with one attached hydrogen (secondary N) is 2. The Labute approximate surface area is 178 Å². The molecule has 0 aliphatic rings. The molecule has 5 nitrogen and oxygen atoms in total. The average Bonchev–Trinajstić information content (AvgIpc) is 2.64. The highest BCUT2D eigenvalue weighted by Gasteiger charge is 2.06. The molecule has 148 valence electrons. The molecule has 0 fully saturated rings. The molecule has 27 heavy (non-hydrogen) atoms. The molecule has 2 aromatic carbocycles. The SMILES string of the molecule is CN=C(NCc1cccc(OC)c1)NCc1ccc(F)c(CN(C)C)c1.I. The Balaban J connectivity index is 0.00000364. The molecule has 0 saturated heterocycles. The first kappa shape index (κ1) is 23.2. The maximum Gasteiger partial charge on any atom is 0.191 e. The van der Waals surface area contributed by atoms with Crippen LogP contribution in [0, 0.1) is 5.82 Å². The Hall–Kier alpha value is -1.87. The van der Waals surface area contributed by atoms with Crippen molar-refractivity contribution in [3.8, 4) is 5.75 Å². The highest BCUT2D eigenvalue weighted by molar-refractivity contribution is 14.0. The van der Waals surface area contributed by atoms with Crippen LogP contribution in [0.1, 0.15) is 16.7 Å². The first-order valence-electron chi connectivity index (χ1n) is 8.51. The van der Waals surface area contributed by atoms with Crippen LogP contribution in [-0.2, 0) is 19.6 Å². The fraction of sp³-hybridized carbons (Fsp3) is 0.350. The third-order valence-electron chi connectivity index (χ3n) is 3.87. The number of methoxy groups -OCH3 is 1. The zero-order chi connectivity index (χ0) is 18.9. The van der Waals surface area contributed by atoms with E-state index in [9.17, 15) is 4.39 Å². The van der Waals surface area contributed by atoms with Gasteiger partial charge in [0, 0.05) is 32.2 Å². The van der Waals surface area contributed by atoms with Gasteiger partial charge in [0.05, 0.1) is 7.11 Å². The highest BCUT2D eigenvalue weighted by Crippen LogP contribution is 2.13. The smallest absolute Gasteiger partial charge is 0.191 e. The van der Waals surface area contributed by atoms with Crippen molar-refractivity contribution < 1.29 is 9.13 Å². The minimum absolute atomic E-state index is 0. The van der Waals surface area contributed by atoms with Gasteiger partial charge in [-0.3, -0.25) is 4.99 Å². The second-order valence-electron chi connectivity index (χ2n) is 6.29. The van der Waals surface area contributed by atoms with Gasteiger partial charge in [-0.25, -0.2) is 4.39 Å². The largest absolute Gasteiger partial charge is 0.497 e. The van der Waals surface area contributed by atoms with Gasteiger partial charge in [-0.15, -0.1) is 24.0 Å². The van der Waals surface area contributed by atoms with Crippen LogP contribution in [0.3, 0.4) is 0 Å². The molecule has 0 aliphatic heterocycles. The van der Waals surface area contributed by atoms with E-state index in [1.807, 2.05) is 49.3 Å². The predicted octanol–water partition coefficient (Wildman–Crippen LogP) is 3.38. The van der Waals surface area contributed by atoms with Gasteiger partial charge >= 0.3 is 0 Å². The van der Waals surface area contributed by atoms with E-state index in [1.54, 1.807) is 20.2 Å². The molecule has 0 radical (unpaired) electrons. The summed E-state index contributed by atoms with van der Waals surface area (Å²) in [6, 6.07) is 13.1. The molecule has 0 aliphatic carbocycles. The van der Waals surface area contributed by atoms with Crippen LogP contribution in [0.25, 0.3) is 0 Å². The molecule has 2 N–H and O–H groups in total. The Morgan fingerprint density at radius 3 is 2.33 bits per heavy atom. The van der Waals surface area contributed by atoms with Gasteiger partial charge < -0.3 is 20.3 Å². The lowest BCUT2D eigenvalue weighted by Gasteiger charge is -2.14. The lowest BCUT2D eigenvalue weighted by molar-refractivity contribution is 0.392. The van der Waals surface area contributed by atoms with Crippen molar-refractivity contribution in [1.29, 1.82) is 0 Å². The third-order valence-corrected chi connectivity index (χ3v) is 3.87. The summed E-state index contributed by atoms with van der Waals surface area (Å²) >= 11 is 0. The fourth-order valence-corrected chi connectivity index (χ4v) is 2.57. The summed E-state index contributed by atoms with van der Waals surface area (Å²) < 4.78 is 19.1. The second-order valence-corrected chi connectivity index (χ2v) is 6.29.